The maximum Gasteiger partial charge on any atom is 0.242 e. The largest absolute Gasteiger partial charge is 0.493 e. The van der Waals surface area contributed by atoms with Crippen LogP contribution in [0, 0.1) is 6.92 Å². The van der Waals surface area contributed by atoms with E-state index >= 15 is 0 Å². The Labute approximate surface area is 139 Å². The Morgan fingerprint density at radius 3 is 2.65 bits per heavy atom. The lowest BCUT2D eigenvalue weighted by atomic mass is 9.92. The first-order chi connectivity index (χ1) is 10.9. The number of ether oxygens (including phenoxy) is 1. The quantitative estimate of drug-likeness (QED) is 0.736. The number of rotatable bonds is 6. The number of aryl methyl sites for hydroxylation is 1. The average Bonchev–Trinajstić information content (AvgIpc) is 2.50. The summed E-state index contributed by atoms with van der Waals surface area (Å²) >= 11 is 0. The van der Waals surface area contributed by atoms with Gasteiger partial charge in [0.25, 0.3) is 0 Å². The molecular formula is C19H28N2O2. The van der Waals surface area contributed by atoms with Gasteiger partial charge in [0.2, 0.25) is 5.91 Å². The lowest BCUT2D eigenvalue weighted by Crippen LogP contribution is -2.28. The molecule has 4 heteroatoms. The van der Waals surface area contributed by atoms with Crippen molar-refractivity contribution in [3.63, 3.8) is 0 Å². The highest BCUT2D eigenvalue weighted by molar-refractivity contribution is 6.05. The van der Waals surface area contributed by atoms with E-state index in [1.807, 2.05) is 0 Å². The standard InChI is InChI=1S/C19H28N2O2/c1-6-7-10-23-18-11-14(4)16(12-15(18)13(2)3)17-8-9-19(22)21(5)20-17/h11-13H,6-10H2,1-5H3. The lowest BCUT2D eigenvalue weighted by molar-refractivity contribution is -0.130. The molecule has 0 bridgehead atoms. The monoisotopic (exact) mass is 316 g/mol. The first-order valence-corrected chi connectivity index (χ1v) is 8.55. The maximum atomic E-state index is 11.6. The summed E-state index contributed by atoms with van der Waals surface area (Å²) in [5, 5.41) is 5.92. The summed E-state index contributed by atoms with van der Waals surface area (Å²) in [5.74, 6) is 1.44. The zero-order chi connectivity index (χ0) is 17.0. The first-order valence-electron chi connectivity index (χ1n) is 8.55. The number of carbonyl (C=O) groups excluding carboxylic acids is 1. The number of carbonyl (C=O) groups is 1. The van der Waals surface area contributed by atoms with E-state index in [1.165, 1.54) is 10.6 Å². The Hall–Kier alpha value is -1.84. The minimum Gasteiger partial charge on any atom is -0.493 e. The second kappa shape index (κ2) is 7.62. The van der Waals surface area contributed by atoms with Gasteiger partial charge < -0.3 is 4.74 Å². The second-order valence-corrected chi connectivity index (χ2v) is 6.53. The van der Waals surface area contributed by atoms with E-state index in [0.717, 1.165) is 42.0 Å². The Morgan fingerprint density at radius 2 is 2.04 bits per heavy atom. The molecule has 0 saturated heterocycles. The van der Waals surface area contributed by atoms with Gasteiger partial charge in [-0.15, -0.1) is 0 Å². The van der Waals surface area contributed by atoms with E-state index in [2.05, 4.69) is 44.9 Å². The lowest BCUT2D eigenvalue weighted by Gasteiger charge is -2.23. The predicted octanol–water partition coefficient (Wildman–Crippen LogP) is 4.25. The highest BCUT2D eigenvalue weighted by atomic mass is 16.5. The smallest absolute Gasteiger partial charge is 0.242 e. The van der Waals surface area contributed by atoms with Gasteiger partial charge in [0.15, 0.2) is 0 Å². The first kappa shape index (κ1) is 17.5. The van der Waals surface area contributed by atoms with Gasteiger partial charge in [0.05, 0.1) is 12.3 Å². The molecular weight excluding hydrogens is 288 g/mol. The molecule has 0 aromatic heterocycles. The zero-order valence-electron chi connectivity index (χ0n) is 15.0. The molecule has 0 atom stereocenters. The molecule has 4 nitrogen and oxygen atoms in total. The van der Waals surface area contributed by atoms with Crippen LogP contribution in [0.25, 0.3) is 0 Å². The number of unbranched alkanes of at least 4 members (excludes halogenated alkanes) is 1. The molecule has 1 aliphatic rings. The van der Waals surface area contributed by atoms with Crippen LogP contribution in [0.4, 0.5) is 0 Å². The van der Waals surface area contributed by atoms with Crippen LogP contribution < -0.4 is 4.74 Å². The summed E-state index contributed by atoms with van der Waals surface area (Å²) in [6, 6.07) is 4.32. The third kappa shape index (κ3) is 4.12. The van der Waals surface area contributed by atoms with Crippen molar-refractivity contribution >= 4 is 11.6 Å². The van der Waals surface area contributed by atoms with E-state index < -0.39 is 0 Å². The van der Waals surface area contributed by atoms with Crippen LogP contribution in [0.1, 0.15) is 69.1 Å². The molecule has 126 valence electrons. The van der Waals surface area contributed by atoms with Crippen LogP contribution in [0.15, 0.2) is 17.2 Å². The molecule has 23 heavy (non-hydrogen) atoms. The summed E-state index contributed by atoms with van der Waals surface area (Å²) in [5.41, 5.74) is 4.49. The summed E-state index contributed by atoms with van der Waals surface area (Å²) in [7, 11) is 1.72. The van der Waals surface area contributed by atoms with E-state index in [1.54, 1.807) is 7.05 Å². The maximum absolute atomic E-state index is 11.6. The van der Waals surface area contributed by atoms with Crippen LogP contribution in [0.3, 0.4) is 0 Å². The van der Waals surface area contributed by atoms with Crippen molar-refractivity contribution < 1.29 is 9.53 Å². The molecule has 1 aromatic carbocycles. The molecule has 1 aromatic rings. The zero-order valence-corrected chi connectivity index (χ0v) is 15.0. The summed E-state index contributed by atoms with van der Waals surface area (Å²) in [6.07, 6.45) is 3.43. The van der Waals surface area contributed by atoms with Gasteiger partial charge in [-0.25, -0.2) is 5.01 Å². The van der Waals surface area contributed by atoms with Gasteiger partial charge in [-0.3, -0.25) is 4.79 Å². The van der Waals surface area contributed by atoms with Crippen LogP contribution >= 0.6 is 0 Å². The fourth-order valence-corrected chi connectivity index (χ4v) is 2.77. The normalized spacial score (nSPS) is 15.1. The van der Waals surface area contributed by atoms with Crippen molar-refractivity contribution in [2.45, 2.75) is 59.3 Å². The van der Waals surface area contributed by atoms with Crippen LogP contribution in [0.2, 0.25) is 0 Å². The van der Waals surface area contributed by atoms with Gasteiger partial charge in [-0.2, -0.15) is 5.10 Å². The highest BCUT2D eigenvalue weighted by Crippen LogP contribution is 2.31. The summed E-state index contributed by atoms with van der Waals surface area (Å²) < 4.78 is 6.00. The third-order valence-electron chi connectivity index (χ3n) is 4.25. The van der Waals surface area contributed by atoms with Gasteiger partial charge in [0.1, 0.15) is 5.75 Å². The summed E-state index contributed by atoms with van der Waals surface area (Å²) in [6.45, 7) is 9.37. The second-order valence-electron chi connectivity index (χ2n) is 6.53. The van der Waals surface area contributed by atoms with Gasteiger partial charge in [-0.1, -0.05) is 27.2 Å². The SMILES string of the molecule is CCCCOc1cc(C)c(C2=NN(C)C(=O)CC2)cc1C(C)C. The molecule has 1 heterocycles. The number of benzene rings is 1. The molecule has 0 N–H and O–H groups in total. The van der Waals surface area contributed by atoms with E-state index in [0.29, 0.717) is 18.8 Å². The Balaban J connectivity index is 2.36. The Morgan fingerprint density at radius 1 is 1.30 bits per heavy atom. The van der Waals surface area contributed by atoms with Crippen molar-refractivity contribution in [3.8, 4) is 5.75 Å². The van der Waals surface area contributed by atoms with Crippen molar-refractivity contribution in [3.05, 3.63) is 28.8 Å². The Bertz CT molecular complexity index is 606. The number of nitrogens with zero attached hydrogens (tertiary/aromatic N) is 2. The molecule has 0 aliphatic carbocycles. The number of hydrogen-bond acceptors (Lipinski definition) is 3. The van der Waals surface area contributed by atoms with Crippen molar-refractivity contribution in [1.29, 1.82) is 0 Å². The van der Waals surface area contributed by atoms with E-state index in [4.69, 9.17) is 4.74 Å². The molecule has 1 amide bonds. The van der Waals surface area contributed by atoms with Crippen LogP contribution in [-0.2, 0) is 4.79 Å². The van der Waals surface area contributed by atoms with Gasteiger partial charge in [-0.05, 0) is 42.5 Å². The van der Waals surface area contributed by atoms with Gasteiger partial charge >= 0.3 is 0 Å². The minimum atomic E-state index is 0.0787. The fraction of sp³-hybridized carbons (Fsp3) is 0.579. The number of hydrogen-bond donors (Lipinski definition) is 0. The van der Waals surface area contributed by atoms with Crippen LogP contribution in [-0.4, -0.2) is 30.3 Å². The van der Waals surface area contributed by atoms with Crippen LogP contribution in [0.5, 0.6) is 5.75 Å². The molecule has 1 aliphatic heterocycles. The molecule has 0 radical (unpaired) electrons. The van der Waals surface area contributed by atoms with Crippen molar-refractivity contribution in [1.82, 2.24) is 5.01 Å². The van der Waals surface area contributed by atoms with E-state index in [9.17, 15) is 4.79 Å². The number of amides is 1. The van der Waals surface area contributed by atoms with Crippen molar-refractivity contribution in [2.24, 2.45) is 5.10 Å². The third-order valence-corrected chi connectivity index (χ3v) is 4.25. The molecule has 2 rings (SSSR count). The molecule has 0 saturated carbocycles. The summed E-state index contributed by atoms with van der Waals surface area (Å²) in [4.78, 5) is 11.6. The van der Waals surface area contributed by atoms with Crippen molar-refractivity contribution in [2.75, 3.05) is 13.7 Å². The average molecular weight is 316 g/mol. The highest BCUT2D eigenvalue weighted by Gasteiger charge is 2.21. The molecule has 0 fully saturated rings. The fourth-order valence-electron chi connectivity index (χ4n) is 2.77. The topological polar surface area (TPSA) is 41.9 Å². The molecule has 0 unspecified atom stereocenters. The van der Waals surface area contributed by atoms with Gasteiger partial charge in [0, 0.05) is 25.5 Å². The predicted molar refractivity (Wildman–Crippen MR) is 94.2 cm³/mol. The van der Waals surface area contributed by atoms with E-state index in [-0.39, 0.29) is 5.91 Å². The Kier molecular flexibility index (Phi) is 5.80. The molecule has 0 spiro atoms. The minimum absolute atomic E-state index is 0.0787. The number of hydrazone groups is 1.